The first-order chi connectivity index (χ1) is 6.97. The van der Waals surface area contributed by atoms with E-state index in [4.69, 9.17) is 14.9 Å². The Balaban J connectivity index is 2.95. The van der Waals surface area contributed by atoms with Gasteiger partial charge in [-0.25, -0.2) is 9.59 Å². The van der Waals surface area contributed by atoms with E-state index in [1.54, 1.807) is 18.2 Å². The number of hydrogen-bond acceptors (Lipinski definition) is 3. The highest BCUT2D eigenvalue weighted by Crippen LogP contribution is 2.18. The van der Waals surface area contributed by atoms with Crippen LogP contribution in [0.25, 0.3) is 0 Å². The Hall–Kier alpha value is -2.04. The van der Waals surface area contributed by atoms with Crippen molar-refractivity contribution in [1.29, 1.82) is 0 Å². The number of ether oxygens (including phenoxy) is 1. The van der Waals surface area contributed by atoms with E-state index >= 15 is 0 Å². The van der Waals surface area contributed by atoms with Crippen molar-refractivity contribution in [2.24, 2.45) is 0 Å². The maximum absolute atomic E-state index is 10.8. The summed E-state index contributed by atoms with van der Waals surface area (Å²) >= 11 is 0. The van der Waals surface area contributed by atoms with Gasteiger partial charge in [-0.3, -0.25) is 0 Å². The van der Waals surface area contributed by atoms with Crippen molar-refractivity contribution in [2.75, 3.05) is 0 Å². The number of rotatable bonds is 4. The minimum atomic E-state index is -2.26. The standard InChI is InChI=1S/C10H10O5/c1-10(8(11)12,9(13)14)15-7-5-3-2-4-6-7/h2-6H,1H3,(H,11,12)(H,13,14). The van der Waals surface area contributed by atoms with Crippen molar-refractivity contribution in [3.63, 3.8) is 0 Å². The largest absolute Gasteiger partial charge is 0.478 e. The molecule has 0 bridgehead atoms. The van der Waals surface area contributed by atoms with Crippen molar-refractivity contribution >= 4 is 11.9 Å². The second kappa shape index (κ2) is 4.00. The summed E-state index contributed by atoms with van der Waals surface area (Å²) in [6.45, 7) is 0.991. The quantitative estimate of drug-likeness (QED) is 0.724. The number of hydrogen-bond donors (Lipinski definition) is 2. The molecule has 0 aliphatic carbocycles. The normalized spacial score (nSPS) is 10.7. The molecule has 0 amide bonds. The Morgan fingerprint density at radius 1 is 1.13 bits per heavy atom. The van der Waals surface area contributed by atoms with Gasteiger partial charge in [-0.05, 0) is 19.1 Å². The third-order valence-corrected chi connectivity index (χ3v) is 1.88. The molecule has 0 aliphatic rings. The molecule has 1 aromatic carbocycles. The lowest BCUT2D eigenvalue weighted by atomic mass is 10.1. The van der Waals surface area contributed by atoms with Crippen molar-refractivity contribution in [2.45, 2.75) is 12.5 Å². The third-order valence-electron chi connectivity index (χ3n) is 1.88. The predicted molar refractivity (Wildman–Crippen MR) is 50.7 cm³/mol. The van der Waals surface area contributed by atoms with Gasteiger partial charge in [0.25, 0.3) is 5.60 Å². The van der Waals surface area contributed by atoms with Gasteiger partial charge in [0.15, 0.2) is 0 Å². The van der Waals surface area contributed by atoms with Crippen LogP contribution in [0.1, 0.15) is 6.92 Å². The highest BCUT2D eigenvalue weighted by atomic mass is 16.6. The van der Waals surface area contributed by atoms with E-state index in [9.17, 15) is 9.59 Å². The van der Waals surface area contributed by atoms with Gasteiger partial charge >= 0.3 is 11.9 Å². The Labute approximate surface area is 85.9 Å². The van der Waals surface area contributed by atoms with E-state index in [0.29, 0.717) is 0 Å². The van der Waals surface area contributed by atoms with Crippen LogP contribution in [-0.2, 0) is 9.59 Å². The van der Waals surface area contributed by atoms with E-state index in [2.05, 4.69) is 0 Å². The summed E-state index contributed by atoms with van der Waals surface area (Å²) in [6.07, 6.45) is 0. The lowest BCUT2D eigenvalue weighted by Gasteiger charge is -2.21. The van der Waals surface area contributed by atoms with Gasteiger partial charge in [0.1, 0.15) is 5.75 Å². The maximum Gasteiger partial charge on any atom is 0.359 e. The summed E-state index contributed by atoms with van der Waals surface area (Å²) in [5.41, 5.74) is -2.26. The van der Waals surface area contributed by atoms with Crippen molar-refractivity contribution in [1.82, 2.24) is 0 Å². The third kappa shape index (κ3) is 2.25. The molecule has 80 valence electrons. The van der Waals surface area contributed by atoms with Crippen LogP contribution in [-0.4, -0.2) is 27.8 Å². The fourth-order valence-electron chi connectivity index (χ4n) is 0.903. The molecule has 1 aromatic rings. The number of benzene rings is 1. The zero-order chi connectivity index (χ0) is 11.5. The van der Waals surface area contributed by atoms with E-state index in [1.807, 2.05) is 0 Å². The summed E-state index contributed by atoms with van der Waals surface area (Å²) in [5, 5.41) is 17.5. The van der Waals surface area contributed by atoms with E-state index < -0.39 is 17.5 Å². The Bertz CT molecular complexity index is 357. The Morgan fingerprint density at radius 2 is 1.60 bits per heavy atom. The molecule has 5 nitrogen and oxygen atoms in total. The first kappa shape index (κ1) is 11.0. The van der Waals surface area contributed by atoms with Gasteiger partial charge in [-0.2, -0.15) is 0 Å². The summed E-state index contributed by atoms with van der Waals surface area (Å²) in [7, 11) is 0. The first-order valence-electron chi connectivity index (χ1n) is 4.17. The lowest BCUT2D eigenvalue weighted by molar-refractivity contribution is -0.170. The van der Waals surface area contributed by atoms with Gasteiger partial charge in [-0.15, -0.1) is 0 Å². The maximum atomic E-state index is 10.8. The summed E-state index contributed by atoms with van der Waals surface area (Å²) in [5.74, 6) is -2.89. The van der Waals surface area contributed by atoms with Crippen LogP contribution in [0.4, 0.5) is 0 Å². The molecular formula is C10H10O5. The van der Waals surface area contributed by atoms with Gasteiger partial charge in [0, 0.05) is 0 Å². The molecular weight excluding hydrogens is 200 g/mol. The van der Waals surface area contributed by atoms with Crippen molar-refractivity contribution < 1.29 is 24.5 Å². The summed E-state index contributed by atoms with van der Waals surface area (Å²) < 4.78 is 4.93. The fraction of sp³-hybridized carbons (Fsp3) is 0.200. The number of carboxylic acids is 2. The molecule has 1 rings (SSSR count). The van der Waals surface area contributed by atoms with Crippen LogP contribution in [0.15, 0.2) is 30.3 Å². The molecule has 0 unspecified atom stereocenters. The van der Waals surface area contributed by atoms with E-state index in [1.165, 1.54) is 12.1 Å². The predicted octanol–water partition coefficient (Wildman–Crippen LogP) is 0.993. The number of para-hydroxylation sites is 1. The molecule has 0 heterocycles. The van der Waals surface area contributed by atoms with Crippen LogP contribution < -0.4 is 4.74 Å². The van der Waals surface area contributed by atoms with E-state index in [0.717, 1.165) is 6.92 Å². The fourth-order valence-corrected chi connectivity index (χ4v) is 0.903. The van der Waals surface area contributed by atoms with Crippen LogP contribution in [0.3, 0.4) is 0 Å². The first-order valence-corrected chi connectivity index (χ1v) is 4.17. The highest BCUT2D eigenvalue weighted by Gasteiger charge is 2.44. The number of aliphatic carboxylic acids is 2. The van der Waals surface area contributed by atoms with E-state index in [-0.39, 0.29) is 5.75 Å². The lowest BCUT2D eigenvalue weighted by Crippen LogP contribution is -2.49. The molecule has 0 fully saturated rings. The minimum Gasteiger partial charge on any atom is -0.478 e. The minimum absolute atomic E-state index is 0.199. The smallest absolute Gasteiger partial charge is 0.359 e. The monoisotopic (exact) mass is 210 g/mol. The molecule has 0 saturated carbocycles. The van der Waals surface area contributed by atoms with Crippen molar-refractivity contribution in [3.8, 4) is 5.75 Å². The summed E-state index contributed by atoms with van der Waals surface area (Å²) in [6, 6.07) is 7.94. The highest BCUT2D eigenvalue weighted by molar-refractivity contribution is 6.01. The van der Waals surface area contributed by atoms with Gasteiger partial charge in [0.05, 0.1) is 0 Å². The van der Waals surface area contributed by atoms with Crippen LogP contribution in [0.5, 0.6) is 5.75 Å². The molecule has 0 radical (unpaired) electrons. The van der Waals surface area contributed by atoms with Crippen LogP contribution in [0.2, 0.25) is 0 Å². The van der Waals surface area contributed by atoms with Crippen LogP contribution >= 0.6 is 0 Å². The molecule has 0 atom stereocenters. The second-order valence-electron chi connectivity index (χ2n) is 3.06. The molecule has 5 heteroatoms. The number of carbonyl (C=O) groups is 2. The average Bonchev–Trinajstić information content (AvgIpc) is 2.18. The van der Waals surface area contributed by atoms with Gasteiger partial charge < -0.3 is 14.9 Å². The Kier molecular flexibility index (Phi) is 2.94. The van der Waals surface area contributed by atoms with Crippen LogP contribution in [0, 0.1) is 0 Å². The molecule has 0 aromatic heterocycles. The molecule has 0 saturated heterocycles. The second-order valence-corrected chi connectivity index (χ2v) is 3.06. The molecule has 0 aliphatic heterocycles. The number of carboxylic acid groups (broad SMARTS) is 2. The van der Waals surface area contributed by atoms with Gasteiger partial charge in [0.2, 0.25) is 0 Å². The zero-order valence-corrected chi connectivity index (χ0v) is 8.01. The SMILES string of the molecule is CC(Oc1ccccc1)(C(=O)O)C(=O)O. The molecule has 2 N–H and O–H groups in total. The zero-order valence-electron chi connectivity index (χ0n) is 8.01. The van der Waals surface area contributed by atoms with Gasteiger partial charge in [-0.1, -0.05) is 18.2 Å². The Morgan fingerprint density at radius 3 is 2.00 bits per heavy atom. The topological polar surface area (TPSA) is 83.8 Å². The average molecular weight is 210 g/mol. The molecule has 15 heavy (non-hydrogen) atoms. The molecule has 0 spiro atoms. The summed E-state index contributed by atoms with van der Waals surface area (Å²) in [4.78, 5) is 21.5. The van der Waals surface area contributed by atoms with Crippen molar-refractivity contribution in [3.05, 3.63) is 30.3 Å².